The summed E-state index contributed by atoms with van der Waals surface area (Å²) < 4.78 is 6.73. The Hall–Kier alpha value is -3.55. The first-order valence-electron chi connectivity index (χ1n) is 14.2. The van der Waals surface area contributed by atoms with Crippen LogP contribution in [0.15, 0.2) is 60.7 Å². The van der Waals surface area contributed by atoms with E-state index in [-0.39, 0.29) is 12.5 Å². The maximum absolute atomic E-state index is 14.1. The topological polar surface area (TPSA) is 68.3 Å². The number of rotatable bonds is 11. The standard InChI is InChI=1S/C32H40N4O3/c1-5-34(6-2)23-13-15-27-29(21-23)39-30-22-24(35(7-3)8-4)14-16-28(30)32(27)26-12-10-9-11-25(26)31(38)36(32)19-17-33-18-20-37/h9-16,21-22,33,37H,5-8,17-20H2,1-4H3. The van der Waals surface area contributed by atoms with Gasteiger partial charge in [-0.05, 0) is 51.5 Å². The van der Waals surface area contributed by atoms with Gasteiger partial charge in [0.1, 0.15) is 17.0 Å². The van der Waals surface area contributed by atoms with Gasteiger partial charge in [-0.15, -0.1) is 0 Å². The summed E-state index contributed by atoms with van der Waals surface area (Å²) in [6.45, 7) is 13.8. The molecular formula is C32H40N4O3. The Morgan fingerprint density at radius 1 is 0.795 bits per heavy atom. The SMILES string of the molecule is CCN(CC)c1ccc2c(c1)Oc1cc(N(CC)CC)ccc1C21c2ccccc2C(=O)N1CCNCCO. The molecule has 0 atom stereocenters. The van der Waals surface area contributed by atoms with Crippen LogP contribution in [-0.4, -0.2) is 68.3 Å². The molecule has 0 bridgehead atoms. The van der Waals surface area contributed by atoms with Gasteiger partial charge in [-0.2, -0.15) is 0 Å². The molecule has 2 aliphatic rings. The molecule has 7 heteroatoms. The molecule has 1 spiro atoms. The smallest absolute Gasteiger partial charge is 0.255 e. The summed E-state index contributed by atoms with van der Waals surface area (Å²) in [5.41, 5.74) is 5.04. The highest BCUT2D eigenvalue weighted by Gasteiger charge is 2.56. The predicted molar refractivity (Wildman–Crippen MR) is 157 cm³/mol. The summed E-state index contributed by atoms with van der Waals surface area (Å²) in [6, 6.07) is 20.8. The lowest BCUT2D eigenvalue weighted by molar-refractivity contribution is 0.0667. The van der Waals surface area contributed by atoms with E-state index in [1.807, 2.05) is 23.1 Å². The number of hydrogen-bond acceptors (Lipinski definition) is 6. The van der Waals surface area contributed by atoms with Gasteiger partial charge in [-0.25, -0.2) is 0 Å². The van der Waals surface area contributed by atoms with Crippen LogP contribution in [0.25, 0.3) is 0 Å². The summed E-state index contributed by atoms with van der Waals surface area (Å²) in [5, 5.41) is 12.6. The van der Waals surface area contributed by atoms with Crippen LogP contribution in [0.5, 0.6) is 11.5 Å². The van der Waals surface area contributed by atoms with Gasteiger partial charge in [0, 0.05) is 86.0 Å². The zero-order valence-electron chi connectivity index (χ0n) is 23.5. The van der Waals surface area contributed by atoms with Crippen molar-refractivity contribution in [2.45, 2.75) is 33.2 Å². The summed E-state index contributed by atoms with van der Waals surface area (Å²) in [4.78, 5) is 20.7. The van der Waals surface area contributed by atoms with E-state index in [0.29, 0.717) is 19.6 Å². The third-order valence-electron chi connectivity index (χ3n) is 8.19. The van der Waals surface area contributed by atoms with E-state index in [1.165, 1.54) is 0 Å². The molecule has 7 nitrogen and oxygen atoms in total. The maximum atomic E-state index is 14.1. The molecule has 0 radical (unpaired) electrons. The van der Waals surface area contributed by atoms with Crippen molar-refractivity contribution in [3.8, 4) is 11.5 Å². The molecule has 0 saturated carbocycles. The highest BCUT2D eigenvalue weighted by molar-refractivity contribution is 6.02. The molecular weight excluding hydrogens is 488 g/mol. The Morgan fingerprint density at radius 3 is 1.90 bits per heavy atom. The number of carbonyl (C=O) groups is 1. The fourth-order valence-corrected chi connectivity index (χ4v) is 6.30. The van der Waals surface area contributed by atoms with Gasteiger partial charge in [-0.3, -0.25) is 4.79 Å². The van der Waals surface area contributed by atoms with Gasteiger partial charge in [0.2, 0.25) is 0 Å². The van der Waals surface area contributed by atoms with Gasteiger partial charge in [0.05, 0.1) is 6.61 Å². The van der Waals surface area contributed by atoms with Crippen LogP contribution in [-0.2, 0) is 5.54 Å². The molecule has 206 valence electrons. The maximum Gasteiger partial charge on any atom is 0.255 e. The average molecular weight is 529 g/mol. The lowest BCUT2D eigenvalue weighted by atomic mass is 9.74. The Labute approximate surface area is 232 Å². The molecule has 0 aliphatic carbocycles. The number of amides is 1. The largest absolute Gasteiger partial charge is 0.456 e. The van der Waals surface area contributed by atoms with Crippen LogP contribution >= 0.6 is 0 Å². The number of benzene rings is 3. The number of anilines is 2. The van der Waals surface area contributed by atoms with Crippen molar-refractivity contribution in [3.05, 3.63) is 82.9 Å². The van der Waals surface area contributed by atoms with Crippen LogP contribution in [0.3, 0.4) is 0 Å². The molecule has 39 heavy (non-hydrogen) atoms. The first kappa shape index (κ1) is 27.0. The fraction of sp³-hybridized carbons (Fsp3) is 0.406. The average Bonchev–Trinajstić information content (AvgIpc) is 3.20. The molecule has 0 aromatic heterocycles. The number of nitrogens with one attached hydrogen (secondary N) is 1. The van der Waals surface area contributed by atoms with Crippen LogP contribution in [0.1, 0.15) is 54.7 Å². The lowest BCUT2D eigenvalue weighted by Gasteiger charge is -2.45. The van der Waals surface area contributed by atoms with Crippen LogP contribution in [0.2, 0.25) is 0 Å². The monoisotopic (exact) mass is 528 g/mol. The number of hydrogen-bond donors (Lipinski definition) is 2. The Balaban J connectivity index is 1.77. The van der Waals surface area contributed by atoms with Gasteiger partial charge in [0.15, 0.2) is 0 Å². The molecule has 2 N–H and O–H groups in total. The molecule has 2 aliphatic heterocycles. The third kappa shape index (κ3) is 4.34. The van der Waals surface area contributed by atoms with Crippen LogP contribution in [0, 0.1) is 0 Å². The Kier molecular flexibility index (Phi) is 7.82. The molecule has 3 aromatic carbocycles. The lowest BCUT2D eigenvalue weighted by Crippen LogP contribution is -2.49. The number of aliphatic hydroxyl groups is 1. The van der Waals surface area contributed by atoms with E-state index in [2.05, 4.69) is 85.3 Å². The highest BCUT2D eigenvalue weighted by Crippen LogP contribution is 2.58. The molecule has 0 saturated heterocycles. The van der Waals surface area contributed by atoms with Crippen LogP contribution < -0.4 is 19.9 Å². The summed E-state index contributed by atoms with van der Waals surface area (Å²) in [7, 11) is 0. The first-order chi connectivity index (χ1) is 19.0. The van der Waals surface area contributed by atoms with E-state index in [4.69, 9.17) is 4.74 Å². The molecule has 1 amide bonds. The van der Waals surface area contributed by atoms with Crippen molar-refractivity contribution in [2.75, 3.05) is 62.2 Å². The molecule has 0 fully saturated rings. The summed E-state index contributed by atoms with van der Waals surface area (Å²) >= 11 is 0. The van der Waals surface area contributed by atoms with Crippen molar-refractivity contribution in [2.24, 2.45) is 0 Å². The quantitative estimate of drug-likeness (QED) is 0.348. The normalized spacial score (nSPS) is 14.6. The predicted octanol–water partition coefficient (Wildman–Crippen LogP) is 4.81. The van der Waals surface area contributed by atoms with Gasteiger partial charge >= 0.3 is 0 Å². The van der Waals surface area contributed by atoms with E-state index in [1.54, 1.807) is 0 Å². The van der Waals surface area contributed by atoms with Crippen molar-refractivity contribution in [1.82, 2.24) is 10.2 Å². The van der Waals surface area contributed by atoms with Gasteiger partial charge < -0.3 is 29.9 Å². The van der Waals surface area contributed by atoms with Gasteiger partial charge in [-0.1, -0.05) is 30.3 Å². The summed E-state index contributed by atoms with van der Waals surface area (Å²) in [6.07, 6.45) is 0. The number of aliphatic hydroxyl groups excluding tert-OH is 1. The van der Waals surface area contributed by atoms with E-state index < -0.39 is 5.54 Å². The summed E-state index contributed by atoms with van der Waals surface area (Å²) in [5.74, 6) is 1.57. The zero-order chi connectivity index (χ0) is 27.6. The number of nitrogens with zero attached hydrogens (tertiary/aromatic N) is 3. The number of ether oxygens (including phenoxy) is 1. The van der Waals surface area contributed by atoms with Crippen molar-refractivity contribution < 1.29 is 14.6 Å². The fourth-order valence-electron chi connectivity index (χ4n) is 6.30. The van der Waals surface area contributed by atoms with Crippen molar-refractivity contribution in [1.29, 1.82) is 0 Å². The first-order valence-corrected chi connectivity index (χ1v) is 14.2. The molecule has 3 aromatic rings. The van der Waals surface area contributed by atoms with E-state index in [9.17, 15) is 9.90 Å². The van der Waals surface area contributed by atoms with E-state index >= 15 is 0 Å². The van der Waals surface area contributed by atoms with Gasteiger partial charge in [0.25, 0.3) is 5.91 Å². The molecule has 5 rings (SSSR count). The van der Waals surface area contributed by atoms with Crippen molar-refractivity contribution in [3.63, 3.8) is 0 Å². The minimum Gasteiger partial charge on any atom is -0.456 e. The van der Waals surface area contributed by atoms with E-state index in [0.717, 1.165) is 71.3 Å². The minimum atomic E-state index is -0.818. The number of fused-ring (bicyclic) bond motifs is 6. The third-order valence-corrected chi connectivity index (χ3v) is 8.19. The zero-order valence-corrected chi connectivity index (χ0v) is 23.5. The van der Waals surface area contributed by atoms with Crippen LogP contribution in [0.4, 0.5) is 11.4 Å². The molecule has 0 unspecified atom stereocenters. The second kappa shape index (κ2) is 11.3. The Bertz CT molecular complexity index is 1270. The minimum absolute atomic E-state index is 0.0100. The Morgan fingerprint density at radius 2 is 1.36 bits per heavy atom. The van der Waals surface area contributed by atoms with Crippen molar-refractivity contribution >= 4 is 17.3 Å². The molecule has 2 heterocycles. The second-order valence-electron chi connectivity index (χ2n) is 9.99. The second-order valence-corrected chi connectivity index (χ2v) is 9.99. The highest BCUT2D eigenvalue weighted by atomic mass is 16.5. The number of carbonyl (C=O) groups excluding carboxylic acids is 1.